The number of hydrogen-bond donors (Lipinski definition) is 3. The second-order valence-corrected chi connectivity index (χ2v) is 7.39. The maximum Gasteiger partial charge on any atom is 0.222 e. The molecule has 5 aromatic rings. The lowest BCUT2D eigenvalue weighted by molar-refractivity contribution is 1.04. The lowest BCUT2D eigenvalue weighted by atomic mass is 10.1. The van der Waals surface area contributed by atoms with Crippen LogP contribution in [0.5, 0.6) is 0 Å². The molecule has 4 aromatic heterocycles. The first-order chi connectivity index (χ1) is 14.2. The van der Waals surface area contributed by atoms with Crippen LogP contribution in [-0.4, -0.2) is 30.1 Å². The summed E-state index contributed by atoms with van der Waals surface area (Å²) in [6, 6.07) is 15.9. The lowest BCUT2D eigenvalue weighted by Gasteiger charge is -2.06. The third kappa shape index (κ3) is 3.76. The van der Waals surface area contributed by atoms with E-state index in [2.05, 4.69) is 47.6 Å². The van der Waals surface area contributed by atoms with Crippen molar-refractivity contribution in [2.45, 2.75) is 6.42 Å². The van der Waals surface area contributed by atoms with E-state index in [4.69, 9.17) is 5.73 Å². The zero-order chi connectivity index (χ0) is 19.6. The second kappa shape index (κ2) is 7.28. The highest BCUT2D eigenvalue weighted by Gasteiger charge is 2.10. The Kier molecular flexibility index (Phi) is 4.34. The van der Waals surface area contributed by atoms with Gasteiger partial charge in [-0.2, -0.15) is 10.1 Å². The number of thiazole rings is 1. The van der Waals surface area contributed by atoms with Crippen molar-refractivity contribution in [3.63, 3.8) is 0 Å². The molecule has 0 spiro atoms. The van der Waals surface area contributed by atoms with E-state index in [0.717, 1.165) is 32.9 Å². The highest BCUT2D eigenvalue weighted by atomic mass is 32.1. The van der Waals surface area contributed by atoms with Gasteiger partial charge in [0.25, 0.3) is 0 Å². The number of pyridine rings is 1. The molecule has 0 saturated heterocycles. The van der Waals surface area contributed by atoms with Crippen molar-refractivity contribution < 1.29 is 0 Å². The first-order valence-corrected chi connectivity index (χ1v) is 9.76. The molecule has 0 atom stereocenters. The number of H-pyrrole nitrogens is 1. The number of fused-ring (bicyclic) bond motifs is 1. The van der Waals surface area contributed by atoms with Gasteiger partial charge in [-0.25, -0.2) is 15.0 Å². The van der Waals surface area contributed by atoms with Crippen LogP contribution in [-0.2, 0) is 6.42 Å². The number of anilines is 3. The summed E-state index contributed by atoms with van der Waals surface area (Å²) in [6.07, 6.45) is 4.23. The SMILES string of the molecule is Nc1nc(Cc2ccccc2)cc(Nc2nc3ccc(-c4cn[nH]c4)nc3s2)n1. The number of nitrogens with one attached hydrogen (secondary N) is 2. The van der Waals surface area contributed by atoms with Gasteiger partial charge in [-0.05, 0) is 17.7 Å². The lowest BCUT2D eigenvalue weighted by Crippen LogP contribution is -2.03. The fraction of sp³-hybridized carbons (Fsp3) is 0.0500. The molecule has 9 heteroatoms. The summed E-state index contributed by atoms with van der Waals surface area (Å²) in [5.41, 5.74) is 10.5. The Labute approximate surface area is 169 Å². The van der Waals surface area contributed by atoms with Gasteiger partial charge in [0.05, 0.1) is 17.6 Å². The first kappa shape index (κ1) is 17.3. The number of aromatic nitrogens is 6. The zero-order valence-electron chi connectivity index (χ0n) is 15.2. The molecular weight excluding hydrogens is 384 g/mol. The minimum atomic E-state index is 0.224. The third-order valence-corrected chi connectivity index (χ3v) is 5.19. The molecule has 0 aliphatic rings. The molecule has 0 aliphatic heterocycles. The molecule has 0 unspecified atom stereocenters. The van der Waals surface area contributed by atoms with Crippen LogP contribution in [0, 0.1) is 0 Å². The fourth-order valence-electron chi connectivity index (χ4n) is 3.01. The average molecular weight is 400 g/mol. The number of nitrogen functional groups attached to an aromatic ring is 1. The number of benzene rings is 1. The van der Waals surface area contributed by atoms with E-state index in [0.29, 0.717) is 17.4 Å². The largest absolute Gasteiger partial charge is 0.368 e. The van der Waals surface area contributed by atoms with Crippen molar-refractivity contribution in [3.05, 3.63) is 72.2 Å². The Morgan fingerprint density at radius 3 is 2.72 bits per heavy atom. The van der Waals surface area contributed by atoms with Gasteiger partial charge in [-0.3, -0.25) is 5.10 Å². The first-order valence-electron chi connectivity index (χ1n) is 8.94. The molecule has 29 heavy (non-hydrogen) atoms. The van der Waals surface area contributed by atoms with E-state index in [-0.39, 0.29) is 5.95 Å². The number of rotatable bonds is 5. The van der Waals surface area contributed by atoms with E-state index < -0.39 is 0 Å². The molecule has 0 radical (unpaired) electrons. The van der Waals surface area contributed by atoms with Crippen LogP contribution < -0.4 is 11.1 Å². The van der Waals surface area contributed by atoms with Crippen molar-refractivity contribution in [3.8, 4) is 11.3 Å². The Balaban J connectivity index is 1.41. The van der Waals surface area contributed by atoms with Crippen molar-refractivity contribution >= 4 is 38.6 Å². The van der Waals surface area contributed by atoms with E-state index in [1.165, 1.54) is 11.3 Å². The Morgan fingerprint density at radius 2 is 1.90 bits per heavy atom. The molecule has 1 aromatic carbocycles. The smallest absolute Gasteiger partial charge is 0.222 e. The van der Waals surface area contributed by atoms with Gasteiger partial charge in [0.1, 0.15) is 16.2 Å². The van der Waals surface area contributed by atoms with Crippen LogP contribution in [0.1, 0.15) is 11.3 Å². The summed E-state index contributed by atoms with van der Waals surface area (Å²) in [5.74, 6) is 0.833. The predicted molar refractivity (Wildman–Crippen MR) is 114 cm³/mol. The summed E-state index contributed by atoms with van der Waals surface area (Å²) in [7, 11) is 0. The third-order valence-electron chi connectivity index (χ3n) is 4.31. The maximum absolute atomic E-state index is 5.92. The number of aromatic amines is 1. The van der Waals surface area contributed by atoms with E-state index in [1.54, 1.807) is 6.20 Å². The zero-order valence-corrected chi connectivity index (χ0v) is 16.0. The monoisotopic (exact) mass is 400 g/mol. The number of nitrogens with zero attached hydrogens (tertiary/aromatic N) is 5. The van der Waals surface area contributed by atoms with Crippen LogP contribution in [0.3, 0.4) is 0 Å². The Bertz CT molecular complexity index is 1260. The van der Waals surface area contributed by atoms with Crippen molar-refractivity contribution in [2.24, 2.45) is 0 Å². The number of hydrogen-bond acceptors (Lipinski definition) is 8. The van der Waals surface area contributed by atoms with Crippen molar-refractivity contribution in [1.29, 1.82) is 0 Å². The minimum absolute atomic E-state index is 0.224. The molecule has 142 valence electrons. The fourth-order valence-corrected chi connectivity index (χ4v) is 3.85. The van der Waals surface area contributed by atoms with Gasteiger partial charge in [-0.1, -0.05) is 41.7 Å². The highest BCUT2D eigenvalue weighted by molar-refractivity contribution is 7.21. The quantitative estimate of drug-likeness (QED) is 0.411. The Hall–Kier alpha value is -3.85. The highest BCUT2D eigenvalue weighted by Crippen LogP contribution is 2.29. The van der Waals surface area contributed by atoms with Gasteiger partial charge in [0.2, 0.25) is 5.95 Å². The van der Waals surface area contributed by atoms with Crippen LogP contribution in [0.25, 0.3) is 21.6 Å². The molecule has 0 bridgehead atoms. The van der Waals surface area contributed by atoms with Crippen molar-refractivity contribution in [2.75, 3.05) is 11.1 Å². The standard InChI is InChI=1S/C20H16N8S/c21-19-24-14(8-12-4-2-1-3-5-12)9-17(27-19)28-20-26-16-7-6-15(25-18(16)29-20)13-10-22-23-11-13/h1-7,9-11H,8H2,(H,22,23)(H3,21,24,26,27,28). The maximum atomic E-state index is 5.92. The molecule has 4 N–H and O–H groups in total. The summed E-state index contributed by atoms with van der Waals surface area (Å²) in [6.45, 7) is 0. The van der Waals surface area contributed by atoms with Crippen LogP contribution >= 0.6 is 11.3 Å². The van der Waals surface area contributed by atoms with E-state index >= 15 is 0 Å². The van der Waals surface area contributed by atoms with Gasteiger partial charge in [0, 0.05) is 24.2 Å². The van der Waals surface area contributed by atoms with Crippen LogP contribution in [0.4, 0.5) is 16.9 Å². The summed E-state index contributed by atoms with van der Waals surface area (Å²) >= 11 is 1.45. The van der Waals surface area contributed by atoms with E-state index in [9.17, 15) is 0 Å². The second-order valence-electron chi connectivity index (χ2n) is 6.42. The van der Waals surface area contributed by atoms with E-state index in [1.807, 2.05) is 42.6 Å². The predicted octanol–water partition coefficient (Wildman–Crippen LogP) is 3.79. The number of nitrogens with two attached hydrogens (primary N) is 1. The van der Waals surface area contributed by atoms with Crippen LogP contribution in [0.2, 0.25) is 0 Å². The van der Waals surface area contributed by atoms with Gasteiger partial charge in [0.15, 0.2) is 5.13 Å². The van der Waals surface area contributed by atoms with Gasteiger partial charge < -0.3 is 11.1 Å². The Morgan fingerprint density at radius 1 is 1.00 bits per heavy atom. The average Bonchev–Trinajstić information content (AvgIpc) is 3.37. The minimum Gasteiger partial charge on any atom is -0.368 e. The normalized spacial score (nSPS) is 11.0. The molecule has 0 saturated carbocycles. The molecular formula is C20H16N8S. The molecule has 0 aliphatic carbocycles. The topological polar surface area (TPSA) is 118 Å². The molecule has 8 nitrogen and oxygen atoms in total. The summed E-state index contributed by atoms with van der Waals surface area (Å²) in [5, 5.41) is 10.7. The molecule has 5 rings (SSSR count). The molecule has 4 heterocycles. The molecule has 0 amide bonds. The van der Waals surface area contributed by atoms with Crippen LogP contribution in [0.15, 0.2) is 60.9 Å². The molecule has 0 fully saturated rings. The van der Waals surface area contributed by atoms with Gasteiger partial charge >= 0.3 is 0 Å². The summed E-state index contributed by atoms with van der Waals surface area (Å²) in [4.78, 5) is 18.7. The summed E-state index contributed by atoms with van der Waals surface area (Å²) < 4.78 is 0. The van der Waals surface area contributed by atoms with Gasteiger partial charge in [-0.15, -0.1) is 0 Å². The van der Waals surface area contributed by atoms with Crippen molar-refractivity contribution in [1.82, 2.24) is 30.1 Å².